The van der Waals surface area contributed by atoms with Crippen molar-refractivity contribution in [2.75, 3.05) is 38.2 Å². The summed E-state index contributed by atoms with van der Waals surface area (Å²) < 4.78 is 64.1. The second kappa shape index (κ2) is 9.29. The van der Waals surface area contributed by atoms with Gasteiger partial charge in [-0.2, -0.15) is 28.2 Å². The fraction of sp³-hybridized carbons (Fsp3) is 0.364. The van der Waals surface area contributed by atoms with Gasteiger partial charge in [0.15, 0.2) is 11.4 Å². The van der Waals surface area contributed by atoms with Gasteiger partial charge in [0, 0.05) is 38.0 Å². The van der Waals surface area contributed by atoms with Gasteiger partial charge >= 0.3 is 12.3 Å². The Balaban J connectivity index is 1.32. The smallest absolute Gasteiger partial charge is 0.437 e. The molecule has 2 aromatic heterocycles. The molecule has 1 amide bonds. The molecule has 37 heavy (non-hydrogen) atoms. The summed E-state index contributed by atoms with van der Waals surface area (Å²) in [6.07, 6.45) is -2.64. The number of ether oxygens (including phenoxy) is 2. The molecular weight excluding hydrogens is 502 g/mol. The Labute approximate surface area is 206 Å². The van der Waals surface area contributed by atoms with Crippen molar-refractivity contribution in [3.63, 3.8) is 0 Å². The Bertz CT molecular complexity index is 1320. The molecule has 5 rings (SSSR count). The molecule has 11 nitrogen and oxygen atoms in total. The summed E-state index contributed by atoms with van der Waals surface area (Å²) in [5.41, 5.74) is -1.36. The Morgan fingerprint density at radius 2 is 1.73 bits per heavy atom. The van der Waals surface area contributed by atoms with Gasteiger partial charge in [-0.3, -0.25) is 4.79 Å². The molecule has 0 spiro atoms. The fourth-order valence-corrected chi connectivity index (χ4v) is 4.63. The minimum absolute atomic E-state index is 0.0917. The van der Waals surface area contributed by atoms with Crippen molar-refractivity contribution < 1.29 is 36.6 Å². The zero-order chi connectivity index (χ0) is 26.3. The highest BCUT2D eigenvalue weighted by atomic mass is 19.4. The molecule has 194 valence electrons. The Morgan fingerprint density at radius 3 is 2.35 bits per heavy atom. The van der Waals surface area contributed by atoms with E-state index in [9.17, 15) is 27.2 Å². The third kappa shape index (κ3) is 4.63. The average Bonchev–Trinajstić information content (AvgIpc) is 3.60. The van der Waals surface area contributed by atoms with Crippen molar-refractivity contribution >= 4 is 18.0 Å². The van der Waals surface area contributed by atoms with Crippen molar-refractivity contribution in [1.82, 2.24) is 29.9 Å². The molecule has 3 aromatic rings. The maximum atomic E-state index is 14.7. The quantitative estimate of drug-likeness (QED) is 0.377. The lowest BCUT2D eigenvalue weighted by molar-refractivity contribution is -0.142. The van der Waals surface area contributed by atoms with Gasteiger partial charge in [0.25, 0.3) is 5.91 Å². The number of likely N-dealkylation sites (tertiary alicyclic amines) is 1. The molecule has 0 saturated carbocycles. The summed E-state index contributed by atoms with van der Waals surface area (Å²) in [5, 5.41) is 7.96. The number of methoxy groups -OCH3 is 1. The van der Waals surface area contributed by atoms with Gasteiger partial charge in [-0.05, 0) is 12.1 Å². The molecule has 15 heteroatoms. The van der Waals surface area contributed by atoms with Gasteiger partial charge in [0.1, 0.15) is 17.1 Å². The van der Waals surface area contributed by atoms with Gasteiger partial charge < -0.3 is 19.3 Å². The van der Waals surface area contributed by atoms with Gasteiger partial charge in [0.05, 0.1) is 25.7 Å². The molecule has 2 atom stereocenters. The zero-order valence-corrected chi connectivity index (χ0v) is 19.2. The van der Waals surface area contributed by atoms with Crippen LogP contribution in [0.2, 0.25) is 0 Å². The lowest BCUT2D eigenvalue weighted by atomic mass is 10.0. The highest BCUT2D eigenvalue weighted by Gasteiger charge is 2.44. The average molecular weight is 521 g/mol. The van der Waals surface area contributed by atoms with E-state index in [1.807, 2.05) is 0 Å². The second-order valence-corrected chi connectivity index (χ2v) is 8.52. The van der Waals surface area contributed by atoms with Crippen LogP contribution in [-0.2, 0) is 10.9 Å². The van der Waals surface area contributed by atoms with Crippen LogP contribution in [0.5, 0.6) is 5.75 Å². The summed E-state index contributed by atoms with van der Waals surface area (Å²) in [4.78, 5) is 36.4. The van der Waals surface area contributed by atoms with Gasteiger partial charge in [0.2, 0.25) is 5.95 Å². The first-order valence-corrected chi connectivity index (χ1v) is 11.0. The van der Waals surface area contributed by atoms with Gasteiger partial charge in [-0.1, -0.05) is 6.07 Å². The van der Waals surface area contributed by atoms with Crippen LogP contribution in [0.3, 0.4) is 0 Å². The first kappa shape index (κ1) is 24.4. The van der Waals surface area contributed by atoms with Crippen molar-refractivity contribution in [2.24, 2.45) is 11.8 Å². The van der Waals surface area contributed by atoms with Crippen LogP contribution < -0.4 is 9.64 Å². The topological polar surface area (TPSA) is 116 Å². The molecule has 2 fully saturated rings. The number of halogens is 4. The predicted molar refractivity (Wildman–Crippen MR) is 116 cm³/mol. The van der Waals surface area contributed by atoms with Crippen LogP contribution in [0.15, 0.2) is 36.8 Å². The van der Waals surface area contributed by atoms with E-state index in [1.165, 1.54) is 35.5 Å². The molecule has 0 radical (unpaired) electrons. The van der Waals surface area contributed by atoms with Crippen LogP contribution >= 0.6 is 0 Å². The van der Waals surface area contributed by atoms with Crippen LogP contribution in [0.1, 0.15) is 16.1 Å². The summed E-state index contributed by atoms with van der Waals surface area (Å²) in [6, 6.07) is 4.18. The number of carbonyl (C=O) groups is 2. The van der Waals surface area contributed by atoms with Crippen molar-refractivity contribution in [2.45, 2.75) is 6.18 Å². The number of benzene rings is 1. The van der Waals surface area contributed by atoms with E-state index in [-0.39, 0.29) is 55.2 Å². The third-order valence-corrected chi connectivity index (χ3v) is 6.27. The minimum Gasteiger partial charge on any atom is -0.437 e. The summed E-state index contributed by atoms with van der Waals surface area (Å²) in [5.74, 6) is -2.46. The Morgan fingerprint density at radius 1 is 1.05 bits per heavy atom. The van der Waals surface area contributed by atoms with Crippen molar-refractivity contribution in [3.05, 3.63) is 53.9 Å². The number of nitrogens with zero attached hydrogens (tertiary/aromatic N) is 7. The summed E-state index contributed by atoms with van der Waals surface area (Å²) in [6.45, 7) is 1.12. The van der Waals surface area contributed by atoms with E-state index in [0.29, 0.717) is 0 Å². The van der Waals surface area contributed by atoms with Crippen molar-refractivity contribution in [3.8, 4) is 11.4 Å². The first-order valence-electron chi connectivity index (χ1n) is 11.0. The first-order chi connectivity index (χ1) is 17.7. The highest BCUT2D eigenvalue weighted by Crippen LogP contribution is 2.38. The lowest BCUT2D eigenvalue weighted by Gasteiger charge is -2.23. The summed E-state index contributed by atoms with van der Waals surface area (Å²) in [7, 11) is 0.961. The number of hydrogen-bond donors (Lipinski definition) is 0. The van der Waals surface area contributed by atoms with E-state index in [0.717, 1.165) is 18.1 Å². The van der Waals surface area contributed by atoms with E-state index in [2.05, 4.69) is 29.6 Å². The number of aromatic nitrogens is 5. The highest BCUT2D eigenvalue weighted by molar-refractivity contribution is 5.98. The second-order valence-electron chi connectivity index (χ2n) is 8.52. The number of amides is 1. The molecule has 0 N–H and O–H groups in total. The van der Waals surface area contributed by atoms with Crippen LogP contribution in [0.4, 0.5) is 28.3 Å². The maximum Gasteiger partial charge on any atom is 0.513 e. The molecule has 2 saturated heterocycles. The number of fused-ring (bicyclic) bond motifs is 1. The molecular formula is C22H19F4N7O4. The molecule has 0 aliphatic carbocycles. The van der Waals surface area contributed by atoms with Crippen LogP contribution in [0, 0.1) is 17.7 Å². The molecule has 0 bridgehead atoms. The Hall–Kier alpha value is -4.30. The number of anilines is 1. The van der Waals surface area contributed by atoms with Gasteiger partial charge in [-0.15, -0.1) is 0 Å². The third-order valence-electron chi connectivity index (χ3n) is 6.27. The monoisotopic (exact) mass is 521 g/mol. The predicted octanol–water partition coefficient (Wildman–Crippen LogP) is 2.57. The van der Waals surface area contributed by atoms with E-state index < -0.39 is 35.5 Å². The SMILES string of the molecule is COC(=O)Oc1cnc(N2CC3CN(C(=O)c4c(F)cccc4-n4nccn4)CC3C2)nc1C(F)(F)F. The minimum atomic E-state index is -4.90. The molecule has 2 aliphatic rings. The largest absolute Gasteiger partial charge is 0.513 e. The van der Waals surface area contributed by atoms with E-state index >= 15 is 0 Å². The molecule has 4 heterocycles. The van der Waals surface area contributed by atoms with E-state index in [4.69, 9.17) is 0 Å². The molecule has 2 aliphatic heterocycles. The molecule has 1 aromatic carbocycles. The zero-order valence-electron chi connectivity index (χ0n) is 19.2. The number of hydrogen-bond acceptors (Lipinski definition) is 9. The standard InChI is InChI=1S/C22H19F4N7O4/c1-36-21(35)37-16-7-27-20(30-18(16)22(24,25)26)32-10-12-8-31(9-13(12)11-32)19(34)17-14(23)3-2-4-15(17)33-28-5-6-29-33/h2-7,12-13H,8-11H2,1H3. The number of rotatable bonds is 4. The lowest BCUT2D eigenvalue weighted by Crippen LogP contribution is -2.35. The molecule has 2 unspecified atom stereocenters. The van der Waals surface area contributed by atoms with Crippen molar-refractivity contribution in [1.29, 1.82) is 0 Å². The van der Waals surface area contributed by atoms with E-state index in [1.54, 1.807) is 4.90 Å². The van der Waals surface area contributed by atoms with Crippen LogP contribution in [0.25, 0.3) is 5.69 Å². The van der Waals surface area contributed by atoms with Gasteiger partial charge in [-0.25, -0.2) is 19.2 Å². The maximum absolute atomic E-state index is 14.7. The number of carbonyl (C=O) groups excluding carboxylic acids is 2. The number of alkyl halides is 3. The fourth-order valence-electron chi connectivity index (χ4n) is 4.63. The Kier molecular flexibility index (Phi) is 6.13. The van der Waals surface area contributed by atoms with Crippen LogP contribution in [-0.4, -0.2) is 75.2 Å². The summed E-state index contributed by atoms with van der Waals surface area (Å²) >= 11 is 0. The normalized spacial score (nSPS) is 19.2.